The molecule has 0 bridgehead atoms. The summed E-state index contributed by atoms with van der Waals surface area (Å²) in [4.78, 5) is 0.537. The second kappa shape index (κ2) is 6.53. The van der Waals surface area contributed by atoms with E-state index < -0.39 is 11.6 Å². The predicted molar refractivity (Wildman–Crippen MR) is 71.9 cm³/mol. The largest absolute Gasteiger partial charge is 0.316 e. The first-order valence-corrected chi connectivity index (χ1v) is 7.44. The molecule has 1 aliphatic rings. The number of nitrogens with one attached hydrogen (secondary N) is 1. The highest BCUT2D eigenvalue weighted by Crippen LogP contribution is 2.31. The summed E-state index contributed by atoms with van der Waals surface area (Å²) in [7, 11) is 1.96. The van der Waals surface area contributed by atoms with Crippen molar-refractivity contribution in [2.75, 3.05) is 12.8 Å². The van der Waals surface area contributed by atoms with Gasteiger partial charge in [-0.1, -0.05) is 12.8 Å². The fourth-order valence-electron chi connectivity index (χ4n) is 2.59. The summed E-state index contributed by atoms with van der Waals surface area (Å²) in [5, 5.41) is 3.33. The van der Waals surface area contributed by atoms with Crippen molar-refractivity contribution in [3.63, 3.8) is 0 Å². The average Bonchev–Trinajstić information content (AvgIpc) is 2.86. The van der Waals surface area contributed by atoms with Gasteiger partial charge in [-0.3, -0.25) is 0 Å². The molecule has 1 saturated carbocycles. The second-order valence-corrected chi connectivity index (χ2v) is 5.89. The summed E-state index contributed by atoms with van der Waals surface area (Å²) in [6, 6.07) is 4.21. The minimum absolute atomic E-state index is 0.418. The van der Waals surface area contributed by atoms with Crippen molar-refractivity contribution in [2.24, 2.45) is 5.92 Å². The van der Waals surface area contributed by atoms with Crippen LogP contribution in [0.25, 0.3) is 0 Å². The zero-order valence-electron chi connectivity index (χ0n) is 10.6. The Kier molecular flexibility index (Phi) is 5.01. The average molecular weight is 271 g/mol. The van der Waals surface area contributed by atoms with Gasteiger partial charge in [0, 0.05) is 22.8 Å². The Hall–Kier alpha value is -0.610. The Labute approximate surface area is 111 Å². The van der Waals surface area contributed by atoms with E-state index in [2.05, 4.69) is 5.32 Å². The molecule has 0 heterocycles. The molecular weight excluding hydrogens is 252 g/mol. The molecular formula is C14H19F2NS. The van der Waals surface area contributed by atoms with Crippen molar-refractivity contribution in [2.45, 2.75) is 36.6 Å². The Bertz CT molecular complexity index is 391. The van der Waals surface area contributed by atoms with E-state index in [1.165, 1.54) is 49.6 Å². The molecule has 0 aliphatic heterocycles. The molecule has 100 valence electrons. The van der Waals surface area contributed by atoms with E-state index in [9.17, 15) is 8.78 Å². The van der Waals surface area contributed by atoms with Gasteiger partial charge in [-0.25, -0.2) is 8.78 Å². The number of rotatable bonds is 5. The minimum Gasteiger partial charge on any atom is -0.316 e. The molecule has 0 spiro atoms. The SMILES string of the molecule is CNC(CSc1ccc(F)cc1F)C1CCCC1. The molecule has 1 nitrogen and oxygen atoms in total. The molecule has 1 aromatic rings. The Balaban J connectivity index is 1.92. The van der Waals surface area contributed by atoms with Crippen LogP contribution in [0.5, 0.6) is 0 Å². The van der Waals surface area contributed by atoms with Crippen molar-refractivity contribution >= 4 is 11.8 Å². The molecule has 18 heavy (non-hydrogen) atoms. The first-order chi connectivity index (χ1) is 8.70. The normalized spacial score (nSPS) is 18.2. The van der Waals surface area contributed by atoms with E-state index in [1.807, 2.05) is 7.05 Å². The van der Waals surface area contributed by atoms with Crippen LogP contribution in [0.15, 0.2) is 23.1 Å². The van der Waals surface area contributed by atoms with Gasteiger partial charge in [0.15, 0.2) is 0 Å². The van der Waals surface area contributed by atoms with Gasteiger partial charge in [0.25, 0.3) is 0 Å². The molecule has 0 amide bonds. The summed E-state index contributed by atoms with van der Waals surface area (Å²) in [5.41, 5.74) is 0. The summed E-state index contributed by atoms with van der Waals surface area (Å²) < 4.78 is 26.3. The molecule has 0 aromatic heterocycles. The molecule has 0 saturated heterocycles. The Morgan fingerprint density at radius 1 is 1.33 bits per heavy atom. The molecule has 1 unspecified atom stereocenters. The fraction of sp³-hybridized carbons (Fsp3) is 0.571. The molecule has 1 aliphatic carbocycles. The third-order valence-corrected chi connectivity index (χ3v) is 4.82. The second-order valence-electron chi connectivity index (χ2n) is 4.83. The van der Waals surface area contributed by atoms with Crippen molar-refractivity contribution in [1.82, 2.24) is 5.32 Å². The van der Waals surface area contributed by atoms with Crippen LogP contribution in [0.4, 0.5) is 8.78 Å². The first kappa shape index (κ1) is 13.8. The maximum atomic E-state index is 13.5. The Morgan fingerprint density at radius 3 is 2.67 bits per heavy atom. The number of benzene rings is 1. The van der Waals surface area contributed by atoms with Gasteiger partial charge >= 0.3 is 0 Å². The molecule has 1 N–H and O–H groups in total. The lowest BCUT2D eigenvalue weighted by Gasteiger charge is -2.22. The highest BCUT2D eigenvalue weighted by Gasteiger charge is 2.24. The van der Waals surface area contributed by atoms with Crippen molar-refractivity contribution in [3.05, 3.63) is 29.8 Å². The van der Waals surface area contributed by atoms with Gasteiger partial charge in [-0.2, -0.15) is 0 Å². The quantitative estimate of drug-likeness (QED) is 0.817. The number of halogens is 2. The zero-order valence-corrected chi connectivity index (χ0v) is 11.4. The van der Waals surface area contributed by atoms with Crippen LogP contribution in [0.1, 0.15) is 25.7 Å². The van der Waals surface area contributed by atoms with Gasteiger partial charge in [0.2, 0.25) is 0 Å². The van der Waals surface area contributed by atoms with Crippen LogP contribution < -0.4 is 5.32 Å². The monoisotopic (exact) mass is 271 g/mol. The van der Waals surface area contributed by atoms with Gasteiger partial charge in [-0.05, 0) is 37.9 Å². The maximum absolute atomic E-state index is 13.5. The van der Waals surface area contributed by atoms with E-state index in [4.69, 9.17) is 0 Å². The van der Waals surface area contributed by atoms with Crippen LogP contribution in [-0.4, -0.2) is 18.8 Å². The van der Waals surface area contributed by atoms with E-state index >= 15 is 0 Å². The van der Waals surface area contributed by atoms with Crippen LogP contribution in [0, 0.1) is 17.6 Å². The smallest absolute Gasteiger partial charge is 0.139 e. The van der Waals surface area contributed by atoms with Gasteiger partial charge < -0.3 is 5.32 Å². The standard InChI is InChI=1S/C14H19F2NS/c1-17-13(10-4-2-3-5-10)9-18-14-7-6-11(15)8-12(14)16/h6-8,10,13,17H,2-5,9H2,1H3. The van der Waals surface area contributed by atoms with E-state index in [-0.39, 0.29) is 0 Å². The highest BCUT2D eigenvalue weighted by molar-refractivity contribution is 7.99. The molecule has 4 heteroatoms. The molecule has 0 radical (unpaired) electrons. The fourth-order valence-corrected chi connectivity index (χ4v) is 3.75. The van der Waals surface area contributed by atoms with Crippen LogP contribution in [0.2, 0.25) is 0 Å². The third-order valence-electron chi connectivity index (χ3n) is 3.65. The number of hydrogen-bond acceptors (Lipinski definition) is 2. The van der Waals surface area contributed by atoms with Crippen LogP contribution >= 0.6 is 11.8 Å². The molecule has 1 fully saturated rings. The summed E-state index contributed by atoms with van der Waals surface area (Å²) in [6.45, 7) is 0. The highest BCUT2D eigenvalue weighted by atomic mass is 32.2. The predicted octanol–water partition coefficient (Wildman–Crippen LogP) is 3.84. The first-order valence-electron chi connectivity index (χ1n) is 6.46. The maximum Gasteiger partial charge on any atom is 0.139 e. The van der Waals surface area contributed by atoms with Crippen LogP contribution in [0.3, 0.4) is 0 Å². The lowest BCUT2D eigenvalue weighted by Crippen LogP contribution is -2.34. The van der Waals surface area contributed by atoms with Crippen molar-refractivity contribution in [3.8, 4) is 0 Å². The van der Waals surface area contributed by atoms with Gasteiger partial charge in [-0.15, -0.1) is 11.8 Å². The van der Waals surface area contributed by atoms with Crippen LogP contribution in [-0.2, 0) is 0 Å². The third kappa shape index (κ3) is 3.45. The van der Waals surface area contributed by atoms with Crippen molar-refractivity contribution < 1.29 is 8.78 Å². The van der Waals surface area contributed by atoms with E-state index in [0.29, 0.717) is 16.9 Å². The molecule has 1 atom stereocenters. The number of thioether (sulfide) groups is 1. The van der Waals surface area contributed by atoms with Gasteiger partial charge in [0.1, 0.15) is 11.6 Å². The van der Waals surface area contributed by atoms with Gasteiger partial charge in [0.05, 0.1) is 0 Å². The number of hydrogen-bond donors (Lipinski definition) is 1. The van der Waals surface area contributed by atoms with E-state index in [1.54, 1.807) is 0 Å². The lowest BCUT2D eigenvalue weighted by molar-refractivity contribution is 0.410. The van der Waals surface area contributed by atoms with Crippen molar-refractivity contribution in [1.29, 1.82) is 0 Å². The Morgan fingerprint density at radius 2 is 2.06 bits per heavy atom. The molecule has 1 aromatic carbocycles. The van der Waals surface area contributed by atoms with E-state index in [0.717, 1.165) is 11.8 Å². The summed E-state index contributed by atoms with van der Waals surface area (Å²) >= 11 is 1.47. The minimum atomic E-state index is -0.516. The topological polar surface area (TPSA) is 12.0 Å². The zero-order chi connectivity index (χ0) is 13.0. The summed E-state index contributed by atoms with van der Waals surface area (Å²) in [5.74, 6) is 0.564. The lowest BCUT2D eigenvalue weighted by atomic mass is 10.0. The summed E-state index contributed by atoms with van der Waals surface area (Å²) in [6.07, 6.45) is 5.13. The molecule has 2 rings (SSSR count).